The summed E-state index contributed by atoms with van der Waals surface area (Å²) in [6.45, 7) is 12.2. The van der Waals surface area contributed by atoms with Gasteiger partial charge in [-0.15, -0.1) is 0 Å². The smallest absolute Gasteiger partial charge is 0.306 e. The lowest BCUT2D eigenvalue weighted by Crippen LogP contribution is -2.27. The molecule has 0 bridgehead atoms. The molecule has 0 heterocycles. The molecule has 0 rings (SSSR count). The molecule has 0 aromatic rings. The van der Waals surface area contributed by atoms with Gasteiger partial charge in [-0.2, -0.15) is 0 Å². The third-order valence-corrected chi connectivity index (χ3v) is 2.93. The standard InChI is InChI=1S/C15H28O2/c1-6-8-11-14(16)17-15(4,5)12-9-10-13(3)7-2/h3,6-12H2,1-2,4-5H3. The molecule has 0 aliphatic heterocycles. The molecular weight excluding hydrogens is 212 g/mol. The highest BCUT2D eigenvalue weighted by Gasteiger charge is 2.21. The first-order valence-electron chi connectivity index (χ1n) is 6.79. The van der Waals surface area contributed by atoms with Crippen LogP contribution in [0.3, 0.4) is 0 Å². The van der Waals surface area contributed by atoms with Gasteiger partial charge >= 0.3 is 5.97 Å². The molecular formula is C15H28O2. The predicted octanol–water partition coefficient (Wildman–Crippen LogP) is 4.63. The van der Waals surface area contributed by atoms with Crippen LogP contribution in [0.1, 0.15) is 72.6 Å². The summed E-state index contributed by atoms with van der Waals surface area (Å²) in [5, 5.41) is 0. The molecule has 0 fully saturated rings. The molecule has 0 spiro atoms. The van der Waals surface area contributed by atoms with Gasteiger partial charge < -0.3 is 4.74 Å². The molecule has 0 aromatic carbocycles. The Morgan fingerprint density at radius 3 is 2.35 bits per heavy atom. The molecule has 17 heavy (non-hydrogen) atoms. The first-order chi connectivity index (χ1) is 7.91. The number of esters is 1. The second-order valence-corrected chi connectivity index (χ2v) is 5.29. The zero-order chi connectivity index (χ0) is 13.3. The van der Waals surface area contributed by atoms with E-state index in [2.05, 4.69) is 20.4 Å². The van der Waals surface area contributed by atoms with E-state index >= 15 is 0 Å². The fourth-order valence-corrected chi connectivity index (χ4v) is 1.67. The number of carbonyl (C=O) groups excluding carboxylic acids is 1. The van der Waals surface area contributed by atoms with E-state index in [-0.39, 0.29) is 11.6 Å². The summed E-state index contributed by atoms with van der Waals surface area (Å²) < 4.78 is 5.49. The number of hydrogen-bond acceptors (Lipinski definition) is 2. The molecule has 0 aliphatic rings. The number of hydrogen-bond donors (Lipinski definition) is 0. The molecule has 0 unspecified atom stereocenters. The van der Waals surface area contributed by atoms with Gasteiger partial charge in [-0.3, -0.25) is 4.79 Å². The summed E-state index contributed by atoms with van der Waals surface area (Å²) in [5.41, 5.74) is 0.942. The Bertz CT molecular complexity index is 241. The van der Waals surface area contributed by atoms with Gasteiger partial charge in [-0.05, 0) is 46.0 Å². The molecule has 100 valence electrons. The van der Waals surface area contributed by atoms with Crippen LogP contribution in [0, 0.1) is 0 Å². The third kappa shape index (κ3) is 8.96. The summed E-state index contributed by atoms with van der Waals surface area (Å²) in [7, 11) is 0. The van der Waals surface area contributed by atoms with E-state index in [1.54, 1.807) is 0 Å². The summed E-state index contributed by atoms with van der Waals surface area (Å²) in [6, 6.07) is 0. The molecule has 2 nitrogen and oxygen atoms in total. The Kier molecular flexibility index (Phi) is 7.94. The van der Waals surface area contributed by atoms with Crippen LogP contribution in [0.5, 0.6) is 0 Å². The van der Waals surface area contributed by atoms with E-state index in [4.69, 9.17) is 4.74 Å². The van der Waals surface area contributed by atoms with E-state index in [1.807, 2.05) is 13.8 Å². The largest absolute Gasteiger partial charge is 0.460 e. The number of unbranched alkanes of at least 4 members (excludes halogenated alkanes) is 1. The van der Waals surface area contributed by atoms with Crippen molar-refractivity contribution < 1.29 is 9.53 Å². The SMILES string of the molecule is C=C(CC)CCCC(C)(C)OC(=O)CCCC. The molecule has 0 aliphatic carbocycles. The predicted molar refractivity (Wildman–Crippen MR) is 73.0 cm³/mol. The van der Waals surface area contributed by atoms with Gasteiger partial charge in [0.05, 0.1) is 0 Å². The van der Waals surface area contributed by atoms with E-state index in [1.165, 1.54) is 5.57 Å². The minimum Gasteiger partial charge on any atom is -0.460 e. The zero-order valence-corrected chi connectivity index (χ0v) is 12.0. The van der Waals surface area contributed by atoms with Crippen molar-refractivity contribution in [2.45, 2.75) is 78.2 Å². The summed E-state index contributed by atoms with van der Waals surface area (Å²) >= 11 is 0. The van der Waals surface area contributed by atoms with Crippen molar-refractivity contribution in [1.29, 1.82) is 0 Å². The van der Waals surface area contributed by atoms with Crippen molar-refractivity contribution in [2.75, 3.05) is 0 Å². The maximum Gasteiger partial charge on any atom is 0.306 e. The topological polar surface area (TPSA) is 26.3 Å². The fourth-order valence-electron chi connectivity index (χ4n) is 1.67. The van der Waals surface area contributed by atoms with Crippen LogP contribution >= 0.6 is 0 Å². The van der Waals surface area contributed by atoms with Crippen molar-refractivity contribution in [3.63, 3.8) is 0 Å². The minimum atomic E-state index is -0.334. The molecule has 0 saturated carbocycles. The molecule has 0 atom stereocenters. The average molecular weight is 240 g/mol. The average Bonchev–Trinajstić information content (AvgIpc) is 2.25. The van der Waals surface area contributed by atoms with Crippen LogP contribution < -0.4 is 0 Å². The monoisotopic (exact) mass is 240 g/mol. The Morgan fingerprint density at radius 1 is 1.18 bits per heavy atom. The van der Waals surface area contributed by atoms with Crippen molar-refractivity contribution in [3.05, 3.63) is 12.2 Å². The highest BCUT2D eigenvalue weighted by molar-refractivity contribution is 5.69. The Morgan fingerprint density at radius 2 is 1.82 bits per heavy atom. The van der Waals surface area contributed by atoms with E-state index in [0.29, 0.717) is 6.42 Å². The Balaban J connectivity index is 3.86. The second-order valence-electron chi connectivity index (χ2n) is 5.29. The molecule has 0 amide bonds. The van der Waals surface area contributed by atoms with Crippen LogP contribution in [0.15, 0.2) is 12.2 Å². The van der Waals surface area contributed by atoms with Gasteiger partial charge in [-0.1, -0.05) is 32.4 Å². The first kappa shape index (κ1) is 16.2. The summed E-state index contributed by atoms with van der Waals surface area (Å²) in [5.74, 6) is -0.0637. The fraction of sp³-hybridized carbons (Fsp3) is 0.800. The van der Waals surface area contributed by atoms with Crippen LogP contribution in [0.4, 0.5) is 0 Å². The second kappa shape index (κ2) is 8.32. The van der Waals surface area contributed by atoms with Crippen molar-refractivity contribution >= 4 is 5.97 Å². The van der Waals surface area contributed by atoms with Crippen molar-refractivity contribution in [1.82, 2.24) is 0 Å². The quantitative estimate of drug-likeness (QED) is 0.433. The van der Waals surface area contributed by atoms with Crippen molar-refractivity contribution in [2.24, 2.45) is 0 Å². The maximum atomic E-state index is 11.5. The molecule has 0 N–H and O–H groups in total. The van der Waals surface area contributed by atoms with Gasteiger partial charge in [0.15, 0.2) is 0 Å². The van der Waals surface area contributed by atoms with Crippen LogP contribution in [-0.4, -0.2) is 11.6 Å². The first-order valence-corrected chi connectivity index (χ1v) is 6.79. The van der Waals surface area contributed by atoms with E-state index < -0.39 is 0 Å². The van der Waals surface area contributed by atoms with Gasteiger partial charge in [0.2, 0.25) is 0 Å². The molecule has 0 radical (unpaired) electrons. The van der Waals surface area contributed by atoms with Gasteiger partial charge in [0.1, 0.15) is 5.60 Å². The van der Waals surface area contributed by atoms with Crippen molar-refractivity contribution in [3.8, 4) is 0 Å². The van der Waals surface area contributed by atoms with Crippen LogP contribution in [0.2, 0.25) is 0 Å². The van der Waals surface area contributed by atoms with Gasteiger partial charge in [0, 0.05) is 6.42 Å². The summed E-state index contributed by atoms with van der Waals surface area (Å²) in [4.78, 5) is 11.5. The number of carbonyl (C=O) groups is 1. The maximum absolute atomic E-state index is 11.5. The lowest BCUT2D eigenvalue weighted by atomic mass is 9.98. The third-order valence-electron chi connectivity index (χ3n) is 2.93. The molecule has 0 saturated heterocycles. The van der Waals surface area contributed by atoms with Crippen LogP contribution in [0.25, 0.3) is 0 Å². The minimum absolute atomic E-state index is 0.0637. The lowest BCUT2D eigenvalue weighted by molar-refractivity contribution is -0.157. The Hall–Kier alpha value is -0.790. The number of allylic oxidation sites excluding steroid dienone is 1. The number of ether oxygens (including phenoxy) is 1. The number of rotatable bonds is 9. The molecule has 2 heteroatoms. The van der Waals surface area contributed by atoms with E-state index in [9.17, 15) is 4.79 Å². The van der Waals surface area contributed by atoms with Crippen LogP contribution in [-0.2, 0) is 9.53 Å². The lowest BCUT2D eigenvalue weighted by Gasteiger charge is -2.25. The molecule has 0 aromatic heterocycles. The van der Waals surface area contributed by atoms with E-state index in [0.717, 1.165) is 38.5 Å². The van der Waals surface area contributed by atoms with Gasteiger partial charge in [-0.25, -0.2) is 0 Å². The highest BCUT2D eigenvalue weighted by atomic mass is 16.6. The Labute approximate surface area is 106 Å². The van der Waals surface area contributed by atoms with Gasteiger partial charge in [0.25, 0.3) is 0 Å². The normalized spacial score (nSPS) is 11.3. The highest BCUT2D eigenvalue weighted by Crippen LogP contribution is 2.21. The zero-order valence-electron chi connectivity index (χ0n) is 12.0. The summed E-state index contributed by atoms with van der Waals surface area (Å²) in [6.07, 6.45) is 6.52.